The van der Waals surface area contributed by atoms with Crippen molar-refractivity contribution in [1.82, 2.24) is 20.3 Å². The smallest absolute Gasteiger partial charge is 0.391 e. The molecular weight excluding hydrogens is 480 g/mol. The zero-order valence-corrected chi connectivity index (χ0v) is 20.2. The molecule has 1 aromatic heterocycles. The first-order valence-corrected chi connectivity index (χ1v) is 12.3. The van der Waals surface area contributed by atoms with E-state index in [1.165, 1.54) is 36.4 Å². The Balaban J connectivity index is 1.92. The maximum atomic E-state index is 12.5. The van der Waals surface area contributed by atoms with Gasteiger partial charge in [0, 0.05) is 44.1 Å². The molecule has 1 aromatic carbocycles. The molecule has 13 heteroatoms. The average Bonchev–Trinajstić information content (AvgIpc) is 2.84. The Morgan fingerprint density at radius 1 is 0.829 bits per heavy atom. The highest BCUT2D eigenvalue weighted by Gasteiger charge is 2.20. The molecule has 0 fully saturated rings. The van der Waals surface area contributed by atoms with Crippen molar-refractivity contribution in [3.63, 3.8) is 0 Å². The van der Waals surface area contributed by atoms with Crippen LogP contribution in [0.25, 0.3) is 0 Å². The number of carbonyl (C=O) groups excluding carboxylic acids is 3. The third-order valence-electron chi connectivity index (χ3n) is 4.31. The Hall–Kier alpha value is -3.55. The molecule has 190 valence electrons. The van der Waals surface area contributed by atoms with Gasteiger partial charge in [0.1, 0.15) is 0 Å². The highest BCUT2D eigenvalue weighted by molar-refractivity contribution is 7.90. The van der Waals surface area contributed by atoms with Crippen LogP contribution in [0.4, 0.5) is 4.79 Å². The number of aromatic nitrogens is 1. The van der Waals surface area contributed by atoms with E-state index in [0.717, 1.165) is 6.20 Å². The Morgan fingerprint density at radius 3 is 2.00 bits per heavy atom. The molecule has 0 atom stereocenters. The highest BCUT2D eigenvalue weighted by Crippen LogP contribution is 2.13. The number of ether oxygens (including phenoxy) is 3. The fourth-order valence-corrected chi connectivity index (χ4v) is 3.56. The lowest BCUT2D eigenvalue weighted by atomic mass is 10.2. The molecule has 35 heavy (non-hydrogen) atoms. The van der Waals surface area contributed by atoms with Gasteiger partial charge in [0.25, 0.3) is 21.8 Å². The summed E-state index contributed by atoms with van der Waals surface area (Å²) in [5, 5.41) is 5.11. The number of nitrogens with one attached hydrogen (secondary N) is 3. The lowest BCUT2D eigenvalue weighted by Gasteiger charge is -2.09. The molecule has 0 saturated heterocycles. The summed E-state index contributed by atoms with van der Waals surface area (Å²) in [6.45, 7) is 6.00. The molecule has 0 radical (unpaired) electrons. The van der Waals surface area contributed by atoms with Crippen molar-refractivity contribution in [3.05, 3.63) is 53.7 Å². The van der Waals surface area contributed by atoms with Crippen LogP contribution in [0.2, 0.25) is 0 Å². The summed E-state index contributed by atoms with van der Waals surface area (Å²) in [6, 6.07) is 7.61. The minimum absolute atomic E-state index is 0.0667. The molecule has 3 amide bonds. The molecule has 0 spiro atoms. The van der Waals surface area contributed by atoms with Gasteiger partial charge in [0.15, 0.2) is 0 Å². The molecule has 3 N–H and O–H groups in total. The Labute approximate surface area is 203 Å². The lowest BCUT2D eigenvalue weighted by molar-refractivity contribution is 0.0921. The second-order valence-corrected chi connectivity index (χ2v) is 8.49. The van der Waals surface area contributed by atoms with Gasteiger partial charge in [-0.15, -0.1) is 0 Å². The van der Waals surface area contributed by atoms with E-state index in [-0.39, 0.29) is 34.4 Å². The summed E-state index contributed by atoms with van der Waals surface area (Å²) in [5.41, 5.74) is 0.191. The van der Waals surface area contributed by atoms with Gasteiger partial charge in [-0.2, -0.15) is 0 Å². The van der Waals surface area contributed by atoms with Gasteiger partial charge >= 0.3 is 6.09 Å². The largest absolute Gasteiger partial charge is 0.414 e. The monoisotopic (exact) mass is 508 g/mol. The minimum Gasteiger partial charge on any atom is -0.391 e. The Kier molecular flexibility index (Phi) is 11.1. The fraction of sp³-hybridized carbons (Fsp3) is 0.364. The van der Waals surface area contributed by atoms with Crippen LogP contribution in [0, 0.1) is 0 Å². The number of benzene rings is 1. The van der Waals surface area contributed by atoms with Crippen LogP contribution in [-0.4, -0.2) is 70.8 Å². The molecule has 2 aromatic rings. The number of carbonyl (C=O) groups is 3. The van der Waals surface area contributed by atoms with Crippen molar-refractivity contribution in [2.75, 3.05) is 39.5 Å². The summed E-state index contributed by atoms with van der Waals surface area (Å²) in [6.07, 6.45) is 0.326. The predicted molar refractivity (Wildman–Crippen MR) is 125 cm³/mol. The van der Waals surface area contributed by atoms with Crippen LogP contribution >= 0.6 is 0 Å². The number of sulfonamides is 1. The van der Waals surface area contributed by atoms with Gasteiger partial charge in [0.2, 0.25) is 5.88 Å². The summed E-state index contributed by atoms with van der Waals surface area (Å²) in [5.74, 6) is -1.38. The standard InChI is InChI=1S/C22H28N4O8S/c1-3-32-13-11-23-20(27)16-5-8-18(9-6-16)35(30,31)26-21(28)17-7-10-19(25-15-17)34-22(29)24-12-14-33-4-2/h5-10,15H,3-4,11-14H2,1-2H3,(H,23,27)(H,24,29)(H,26,28). The van der Waals surface area contributed by atoms with E-state index in [4.69, 9.17) is 14.2 Å². The first-order valence-electron chi connectivity index (χ1n) is 10.8. The summed E-state index contributed by atoms with van der Waals surface area (Å²) in [7, 11) is -4.20. The maximum absolute atomic E-state index is 12.5. The first-order chi connectivity index (χ1) is 16.8. The summed E-state index contributed by atoms with van der Waals surface area (Å²) < 4.78 is 42.2. The fourth-order valence-electron chi connectivity index (χ4n) is 2.58. The van der Waals surface area contributed by atoms with E-state index in [1.54, 1.807) is 0 Å². The van der Waals surface area contributed by atoms with Gasteiger partial charge in [-0.1, -0.05) is 0 Å². The van der Waals surface area contributed by atoms with Crippen molar-refractivity contribution < 1.29 is 37.0 Å². The zero-order chi connectivity index (χ0) is 25.7. The second kappa shape index (κ2) is 14.0. The molecule has 0 aliphatic carbocycles. The number of hydrogen-bond acceptors (Lipinski definition) is 9. The van der Waals surface area contributed by atoms with Gasteiger partial charge < -0.3 is 24.8 Å². The average molecular weight is 509 g/mol. The van der Waals surface area contributed by atoms with E-state index < -0.39 is 22.0 Å². The van der Waals surface area contributed by atoms with E-state index >= 15 is 0 Å². The molecule has 0 bridgehead atoms. The van der Waals surface area contributed by atoms with Crippen LogP contribution in [0.3, 0.4) is 0 Å². The van der Waals surface area contributed by atoms with Crippen molar-refractivity contribution in [1.29, 1.82) is 0 Å². The van der Waals surface area contributed by atoms with Crippen LogP contribution in [-0.2, 0) is 19.5 Å². The third-order valence-corrected chi connectivity index (χ3v) is 5.65. The van der Waals surface area contributed by atoms with E-state index in [0.29, 0.717) is 33.0 Å². The molecule has 0 saturated carbocycles. The second-order valence-electron chi connectivity index (χ2n) is 6.81. The molecule has 1 heterocycles. The van der Waals surface area contributed by atoms with Crippen molar-refractivity contribution in [3.8, 4) is 5.88 Å². The highest BCUT2D eigenvalue weighted by atomic mass is 32.2. The van der Waals surface area contributed by atoms with Crippen LogP contribution in [0.15, 0.2) is 47.5 Å². The van der Waals surface area contributed by atoms with Crippen molar-refractivity contribution >= 4 is 27.9 Å². The van der Waals surface area contributed by atoms with E-state index in [2.05, 4.69) is 15.6 Å². The molecular formula is C22H28N4O8S. The number of hydrogen-bond donors (Lipinski definition) is 3. The van der Waals surface area contributed by atoms with Crippen LogP contribution in [0.5, 0.6) is 5.88 Å². The topological polar surface area (TPSA) is 162 Å². The number of rotatable bonds is 13. The van der Waals surface area contributed by atoms with Gasteiger partial charge in [0.05, 0.1) is 23.7 Å². The quantitative estimate of drug-likeness (QED) is 0.336. The molecule has 0 unspecified atom stereocenters. The minimum atomic E-state index is -4.20. The van der Waals surface area contributed by atoms with Gasteiger partial charge in [-0.05, 0) is 44.2 Å². The molecule has 12 nitrogen and oxygen atoms in total. The third kappa shape index (κ3) is 9.31. The van der Waals surface area contributed by atoms with Gasteiger partial charge in [-0.25, -0.2) is 22.9 Å². The van der Waals surface area contributed by atoms with Crippen LogP contribution in [0.1, 0.15) is 34.6 Å². The predicted octanol–water partition coefficient (Wildman–Crippen LogP) is 1.09. The maximum Gasteiger partial charge on any atom is 0.414 e. The normalized spacial score (nSPS) is 10.9. The number of amides is 3. The summed E-state index contributed by atoms with van der Waals surface area (Å²) in [4.78, 5) is 39.7. The van der Waals surface area contributed by atoms with Gasteiger partial charge in [-0.3, -0.25) is 9.59 Å². The zero-order valence-electron chi connectivity index (χ0n) is 19.4. The molecule has 0 aliphatic heterocycles. The molecule has 2 rings (SSSR count). The SMILES string of the molecule is CCOCCNC(=O)Oc1ccc(C(=O)NS(=O)(=O)c2ccc(C(=O)NCCOCC)cc2)cn1. The first kappa shape index (κ1) is 27.7. The summed E-state index contributed by atoms with van der Waals surface area (Å²) >= 11 is 0. The Morgan fingerprint density at radius 2 is 1.43 bits per heavy atom. The Bertz CT molecular complexity index is 1090. The van der Waals surface area contributed by atoms with E-state index in [1.807, 2.05) is 18.6 Å². The van der Waals surface area contributed by atoms with E-state index in [9.17, 15) is 22.8 Å². The number of pyridine rings is 1. The van der Waals surface area contributed by atoms with Crippen molar-refractivity contribution in [2.24, 2.45) is 0 Å². The van der Waals surface area contributed by atoms with Crippen LogP contribution < -0.4 is 20.1 Å². The van der Waals surface area contributed by atoms with Crippen molar-refractivity contribution in [2.45, 2.75) is 18.7 Å². The molecule has 0 aliphatic rings. The number of nitrogens with zero attached hydrogens (tertiary/aromatic N) is 1. The lowest BCUT2D eigenvalue weighted by Crippen LogP contribution is -2.31.